The Morgan fingerprint density at radius 3 is 2.81 bits per heavy atom. The summed E-state index contributed by atoms with van der Waals surface area (Å²) in [6.45, 7) is 1.96. The predicted molar refractivity (Wildman–Crippen MR) is 104 cm³/mol. The van der Waals surface area contributed by atoms with Crippen LogP contribution in [0.5, 0.6) is 0 Å². The monoisotopic (exact) mass is 407 g/mol. The topological polar surface area (TPSA) is 76.2 Å². The van der Waals surface area contributed by atoms with Gasteiger partial charge in [-0.05, 0) is 24.3 Å². The normalized spacial score (nSPS) is 16.8. The Morgan fingerprint density at radius 2 is 2.11 bits per heavy atom. The largest absolute Gasteiger partial charge is 0.355 e. The van der Waals surface area contributed by atoms with Gasteiger partial charge in [-0.15, -0.1) is 12.4 Å². The summed E-state index contributed by atoms with van der Waals surface area (Å²) in [4.78, 5) is 19.2. The van der Waals surface area contributed by atoms with Crippen LogP contribution in [0.25, 0.3) is 11.3 Å². The van der Waals surface area contributed by atoms with E-state index in [2.05, 4.69) is 15.5 Å². The van der Waals surface area contributed by atoms with Gasteiger partial charge in [-0.2, -0.15) is 0 Å². The lowest BCUT2D eigenvalue weighted by atomic mass is 10.1. The molecule has 1 unspecified atom stereocenters. The van der Waals surface area contributed by atoms with E-state index in [1.807, 2.05) is 29.9 Å². The van der Waals surface area contributed by atoms with E-state index in [-0.39, 0.29) is 30.0 Å². The highest BCUT2D eigenvalue weighted by Crippen LogP contribution is 2.26. The van der Waals surface area contributed by atoms with Gasteiger partial charge in [0.05, 0.1) is 0 Å². The van der Waals surface area contributed by atoms with Crippen molar-refractivity contribution in [2.75, 3.05) is 19.6 Å². The van der Waals surface area contributed by atoms with Crippen LogP contribution in [-0.4, -0.2) is 45.1 Å². The molecule has 3 aromatic rings. The number of nitrogens with one attached hydrogen (secondary N) is 1. The molecule has 1 amide bonds. The maximum absolute atomic E-state index is 13.0. The van der Waals surface area contributed by atoms with E-state index in [1.54, 1.807) is 29.3 Å². The van der Waals surface area contributed by atoms with Gasteiger partial charge in [0.15, 0.2) is 11.5 Å². The van der Waals surface area contributed by atoms with Crippen LogP contribution >= 0.6 is 24.0 Å². The van der Waals surface area contributed by atoms with E-state index in [9.17, 15) is 4.79 Å². The summed E-state index contributed by atoms with van der Waals surface area (Å²) in [6.07, 6.45) is 3.61. The summed E-state index contributed by atoms with van der Waals surface area (Å²) in [5.74, 6) is 1.21. The predicted octanol–water partition coefficient (Wildman–Crippen LogP) is 2.94. The number of aromatic nitrogens is 3. The van der Waals surface area contributed by atoms with Gasteiger partial charge in [-0.25, -0.2) is 4.98 Å². The summed E-state index contributed by atoms with van der Waals surface area (Å²) < 4.78 is 7.31. The zero-order valence-electron chi connectivity index (χ0n) is 14.6. The third-order valence-electron chi connectivity index (χ3n) is 4.52. The first-order chi connectivity index (χ1) is 12.6. The summed E-state index contributed by atoms with van der Waals surface area (Å²) in [5, 5.41) is 7.94. The van der Waals surface area contributed by atoms with Crippen molar-refractivity contribution in [3.63, 3.8) is 0 Å². The van der Waals surface area contributed by atoms with Gasteiger partial charge >= 0.3 is 0 Å². The van der Waals surface area contributed by atoms with Gasteiger partial charge in [0.2, 0.25) is 0 Å². The van der Waals surface area contributed by atoms with E-state index >= 15 is 0 Å². The lowest BCUT2D eigenvalue weighted by Gasteiger charge is -2.35. The number of nitrogens with zero attached hydrogens (tertiary/aromatic N) is 4. The van der Waals surface area contributed by atoms with Crippen molar-refractivity contribution in [1.29, 1.82) is 0 Å². The van der Waals surface area contributed by atoms with Crippen LogP contribution in [0.4, 0.5) is 0 Å². The first-order valence-electron chi connectivity index (χ1n) is 8.35. The summed E-state index contributed by atoms with van der Waals surface area (Å²) in [5.41, 5.74) is 1.11. The molecule has 1 saturated heterocycles. The number of benzene rings is 1. The van der Waals surface area contributed by atoms with Crippen LogP contribution in [0.3, 0.4) is 0 Å². The number of imidazole rings is 1. The highest BCUT2D eigenvalue weighted by atomic mass is 35.5. The van der Waals surface area contributed by atoms with Gasteiger partial charge in [-0.3, -0.25) is 4.79 Å². The minimum absolute atomic E-state index is 0. The molecule has 3 heterocycles. The van der Waals surface area contributed by atoms with Crippen LogP contribution in [0.1, 0.15) is 22.4 Å². The van der Waals surface area contributed by atoms with Crippen molar-refractivity contribution in [2.45, 2.75) is 6.04 Å². The molecule has 0 spiro atoms. The van der Waals surface area contributed by atoms with Crippen LogP contribution in [-0.2, 0) is 7.05 Å². The molecule has 1 N–H and O–H groups in total. The van der Waals surface area contributed by atoms with E-state index in [1.165, 1.54) is 0 Å². The van der Waals surface area contributed by atoms with Crippen molar-refractivity contribution in [2.24, 2.45) is 7.05 Å². The second kappa shape index (κ2) is 8.12. The molecule has 142 valence electrons. The SMILES string of the molecule is Cl.Cn1ccnc1C1CNCCN1C(=O)c1cc(-c2ccc(Cl)cc2)on1. The van der Waals surface area contributed by atoms with E-state index in [0.29, 0.717) is 23.9 Å². The third kappa shape index (κ3) is 3.85. The van der Waals surface area contributed by atoms with E-state index in [4.69, 9.17) is 16.1 Å². The van der Waals surface area contributed by atoms with Gasteiger partial charge in [0.25, 0.3) is 5.91 Å². The molecule has 1 atom stereocenters. The second-order valence-electron chi connectivity index (χ2n) is 6.20. The highest BCUT2D eigenvalue weighted by Gasteiger charge is 2.32. The molecule has 1 aliphatic heterocycles. The number of hydrogen-bond donors (Lipinski definition) is 1. The Bertz CT molecular complexity index is 922. The Hall–Kier alpha value is -2.35. The van der Waals surface area contributed by atoms with Gasteiger partial charge < -0.3 is 19.3 Å². The number of carbonyl (C=O) groups is 1. The molecule has 0 radical (unpaired) electrons. The van der Waals surface area contributed by atoms with Crippen LogP contribution < -0.4 is 5.32 Å². The fourth-order valence-corrected chi connectivity index (χ4v) is 3.28. The standard InChI is InChI=1S/C18H18ClN5O2.ClH/c1-23-8-7-21-17(23)15-11-20-6-9-24(15)18(25)14-10-16(26-22-14)12-2-4-13(19)5-3-12;/h2-5,7-8,10,15,20H,6,9,11H2,1H3;1H. The number of aryl methyl sites for hydroxylation is 1. The number of rotatable bonds is 3. The van der Waals surface area contributed by atoms with Crippen molar-refractivity contribution in [3.8, 4) is 11.3 Å². The molecule has 2 aromatic heterocycles. The molecule has 4 rings (SSSR count). The van der Waals surface area contributed by atoms with Crippen molar-refractivity contribution in [1.82, 2.24) is 24.9 Å². The summed E-state index contributed by atoms with van der Waals surface area (Å²) in [6, 6.07) is 8.73. The smallest absolute Gasteiger partial charge is 0.276 e. The van der Waals surface area contributed by atoms with Crippen molar-refractivity contribution < 1.29 is 9.32 Å². The van der Waals surface area contributed by atoms with E-state index < -0.39 is 0 Å². The van der Waals surface area contributed by atoms with Gasteiger partial charge in [0, 0.05) is 55.7 Å². The maximum atomic E-state index is 13.0. The molecule has 1 aliphatic rings. The van der Waals surface area contributed by atoms with Crippen molar-refractivity contribution in [3.05, 3.63) is 59.3 Å². The molecule has 1 fully saturated rings. The summed E-state index contributed by atoms with van der Waals surface area (Å²) >= 11 is 5.91. The zero-order valence-corrected chi connectivity index (χ0v) is 16.2. The number of carbonyl (C=O) groups excluding carboxylic acids is 1. The Kier molecular flexibility index (Phi) is 5.84. The fraction of sp³-hybridized carbons (Fsp3) is 0.278. The maximum Gasteiger partial charge on any atom is 0.276 e. The molecule has 1 aromatic carbocycles. The quantitative estimate of drug-likeness (QED) is 0.721. The van der Waals surface area contributed by atoms with Crippen LogP contribution in [0, 0.1) is 0 Å². The molecular weight excluding hydrogens is 389 g/mol. The molecule has 0 saturated carbocycles. The van der Waals surface area contributed by atoms with Crippen LogP contribution in [0.2, 0.25) is 5.02 Å². The lowest BCUT2D eigenvalue weighted by Crippen LogP contribution is -2.49. The van der Waals surface area contributed by atoms with Gasteiger partial charge in [0.1, 0.15) is 11.9 Å². The molecule has 0 bridgehead atoms. The number of halogens is 2. The number of hydrogen-bond acceptors (Lipinski definition) is 5. The fourth-order valence-electron chi connectivity index (χ4n) is 3.15. The first-order valence-corrected chi connectivity index (χ1v) is 8.73. The Morgan fingerprint density at radius 1 is 1.33 bits per heavy atom. The summed E-state index contributed by atoms with van der Waals surface area (Å²) in [7, 11) is 1.92. The first kappa shape index (κ1) is 19.4. The number of piperazine rings is 1. The Labute approximate surface area is 167 Å². The number of amides is 1. The van der Waals surface area contributed by atoms with E-state index in [0.717, 1.165) is 17.9 Å². The highest BCUT2D eigenvalue weighted by molar-refractivity contribution is 6.30. The average molecular weight is 408 g/mol. The average Bonchev–Trinajstić information content (AvgIpc) is 3.31. The molecule has 9 heteroatoms. The van der Waals surface area contributed by atoms with Gasteiger partial charge in [-0.1, -0.05) is 16.8 Å². The molecule has 7 nitrogen and oxygen atoms in total. The third-order valence-corrected chi connectivity index (χ3v) is 4.77. The molecule has 0 aliphatic carbocycles. The second-order valence-corrected chi connectivity index (χ2v) is 6.63. The Balaban J connectivity index is 0.00000210. The minimum Gasteiger partial charge on any atom is -0.355 e. The molecular formula is C18H19Cl2N5O2. The van der Waals surface area contributed by atoms with Crippen LogP contribution in [0.15, 0.2) is 47.2 Å². The minimum atomic E-state index is -0.163. The van der Waals surface area contributed by atoms with Crippen molar-refractivity contribution >= 4 is 29.9 Å². The molecule has 27 heavy (non-hydrogen) atoms. The lowest BCUT2D eigenvalue weighted by molar-refractivity contribution is 0.0610. The zero-order chi connectivity index (χ0) is 18.1.